The highest BCUT2D eigenvalue weighted by atomic mass is 32.1. The minimum Gasteiger partial charge on any atom is -0.462 e. The molecule has 2 saturated heterocycles. The van der Waals surface area contributed by atoms with Gasteiger partial charge in [-0.2, -0.15) is 0 Å². The molecule has 1 amide bonds. The number of morpholine rings is 2. The molecule has 364 valence electrons. The lowest BCUT2D eigenvalue weighted by atomic mass is 10.1. The molecule has 0 saturated carbocycles. The number of pyridine rings is 4. The summed E-state index contributed by atoms with van der Waals surface area (Å²) in [6, 6.07) is 22.9. The van der Waals surface area contributed by atoms with Gasteiger partial charge in [0.1, 0.15) is 32.4 Å². The number of thiazole rings is 2. The van der Waals surface area contributed by atoms with Crippen molar-refractivity contribution in [1.29, 1.82) is 0 Å². The Morgan fingerprint density at radius 1 is 0.676 bits per heavy atom. The molecule has 10 aromatic rings. The summed E-state index contributed by atoms with van der Waals surface area (Å²) in [7, 11) is 3.79. The molecule has 0 atom stereocenters. The van der Waals surface area contributed by atoms with E-state index in [0.29, 0.717) is 64.7 Å². The molecular weight excluding hydrogens is 945 g/mol. The molecule has 71 heavy (non-hydrogen) atoms. The van der Waals surface area contributed by atoms with Gasteiger partial charge in [-0.1, -0.05) is 24.3 Å². The number of anilines is 2. The molecule has 0 bridgehead atoms. The summed E-state index contributed by atoms with van der Waals surface area (Å²) in [6.07, 6.45) is 7.15. The molecule has 10 heterocycles. The van der Waals surface area contributed by atoms with Crippen molar-refractivity contribution in [1.82, 2.24) is 43.2 Å². The molecule has 3 N–H and O–H groups in total. The highest BCUT2D eigenvalue weighted by Crippen LogP contribution is 2.33. The fraction of sp³-hybridized carbons (Fsp3) is 0.280. The molecule has 2 aliphatic rings. The van der Waals surface area contributed by atoms with Crippen LogP contribution >= 0.6 is 22.7 Å². The SMILES string of the molecule is CCOC(=O)c1c(=O)c2ccc(N3CCOCC3)nc2n2c1sc1ccccc12.Cn1cnc(CN)c1.Cn1cnc(CNC(=O)c2c(=O)c3ccc(N4CCOCC4)nc3n3c2sc2ccccc23)c1. The third-order valence-electron chi connectivity index (χ3n) is 12.1. The van der Waals surface area contributed by atoms with Crippen molar-refractivity contribution in [2.45, 2.75) is 20.0 Å². The molecule has 19 nitrogen and oxygen atoms in total. The number of nitrogens with one attached hydrogen (secondary N) is 1. The zero-order valence-corrected chi connectivity index (χ0v) is 40.9. The number of benzene rings is 2. The van der Waals surface area contributed by atoms with E-state index in [2.05, 4.69) is 25.1 Å². The number of aryl methyl sites for hydroxylation is 2. The molecule has 2 aromatic carbocycles. The third kappa shape index (κ3) is 9.32. The van der Waals surface area contributed by atoms with Gasteiger partial charge in [-0.05, 0) is 55.5 Å². The Morgan fingerprint density at radius 2 is 1.15 bits per heavy atom. The lowest BCUT2D eigenvalue weighted by Gasteiger charge is -2.27. The van der Waals surface area contributed by atoms with E-state index in [1.807, 2.05) is 105 Å². The number of hydrogen-bond acceptors (Lipinski definition) is 16. The molecule has 8 aromatic heterocycles. The van der Waals surface area contributed by atoms with Gasteiger partial charge in [-0.25, -0.2) is 24.7 Å². The predicted octanol–water partition coefficient (Wildman–Crippen LogP) is 5.52. The number of nitrogens with two attached hydrogens (primary N) is 1. The van der Waals surface area contributed by atoms with Gasteiger partial charge in [0.25, 0.3) is 5.91 Å². The van der Waals surface area contributed by atoms with Crippen molar-refractivity contribution >= 4 is 98.3 Å². The van der Waals surface area contributed by atoms with Crippen LogP contribution in [0.3, 0.4) is 0 Å². The van der Waals surface area contributed by atoms with E-state index >= 15 is 0 Å². The van der Waals surface area contributed by atoms with Gasteiger partial charge in [0.15, 0.2) is 11.3 Å². The number of fused-ring (bicyclic) bond motifs is 10. The van der Waals surface area contributed by atoms with Crippen molar-refractivity contribution in [2.75, 3.05) is 69.0 Å². The molecule has 2 fully saturated rings. The number of hydrogen-bond donors (Lipinski definition) is 2. The van der Waals surface area contributed by atoms with Crippen LogP contribution in [0.4, 0.5) is 11.6 Å². The van der Waals surface area contributed by atoms with E-state index in [9.17, 15) is 19.2 Å². The summed E-state index contributed by atoms with van der Waals surface area (Å²) in [5.74, 6) is 0.583. The summed E-state index contributed by atoms with van der Waals surface area (Å²) in [5, 5.41) is 3.70. The maximum absolute atomic E-state index is 13.6. The van der Waals surface area contributed by atoms with Crippen LogP contribution in [0.15, 0.2) is 107 Å². The Kier molecular flexibility index (Phi) is 13.6. The standard InChI is InChI=1S/C24H22N6O3S.C21H19N3O4S.C5H9N3/c1-28-13-15(26-14-28)12-25-23(32)20-21(31)16-6-7-19(29-8-10-33-11-9-29)27-22(16)30-17-4-2-3-5-18(17)34-24(20)30;1-2-28-21(26)17-18(25)13-7-8-16(23-9-11-27-12-10-23)22-19(13)24-14-5-3-4-6-15(14)29-20(17)24;1-8-3-5(2-6)7-4-8/h2-7,13-14H,8-12H2,1H3,(H,25,32);3-8H,2,9-12H2,1H3;3-4H,2,6H2,1H3. The fourth-order valence-corrected chi connectivity index (χ4v) is 11.0. The number of imidazole rings is 2. The molecule has 21 heteroatoms. The van der Waals surface area contributed by atoms with Crippen LogP contribution in [0, 0.1) is 0 Å². The van der Waals surface area contributed by atoms with Crippen molar-refractivity contribution in [3.05, 3.63) is 141 Å². The maximum atomic E-state index is 13.6. The predicted molar refractivity (Wildman–Crippen MR) is 276 cm³/mol. The fourth-order valence-electron chi connectivity index (χ4n) is 8.67. The van der Waals surface area contributed by atoms with Gasteiger partial charge in [-0.15, -0.1) is 22.7 Å². The highest BCUT2D eigenvalue weighted by molar-refractivity contribution is 7.24. The smallest absolute Gasteiger partial charge is 0.345 e. The van der Waals surface area contributed by atoms with Crippen molar-refractivity contribution in [3.63, 3.8) is 0 Å². The number of ether oxygens (including phenoxy) is 3. The molecule has 0 unspecified atom stereocenters. The van der Waals surface area contributed by atoms with Crippen LogP contribution in [0.2, 0.25) is 0 Å². The van der Waals surface area contributed by atoms with Crippen molar-refractivity contribution in [3.8, 4) is 0 Å². The lowest BCUT2D eigenvalue weighted by molar-refractivity contribution is 0.0527. The summed E-state index contributed by atoms with van der Waals surface area (Å²) in [5.41, 5.74) is 9.43. The normalized spacial score (nSPS) is 14.0. The number of para-hydroxylation sites is 2. The third-order valence-corrected chi connectivity index (χ3v) is 14.4. The minimum atomic E-state index is -0.597. The number of nitrogens with zero attached hydrogens (tertiary/aromatic N) is 10. The molecule has 2 aliphatic heterocycles. The highest BCUT2D eigenvalue weighted by Gasteiger charge is 2.26. The summed E-state index contributed by atoms with van der Waals surface area (Å²) in [4.78, 5) is 76.2. The number of aromatic nitrogens is 8. The summed E-state index contributed by atoms with van der Waals surface area (Å²) in [6.45, 7) is 8.29. The Labute approximate surface area is 413 Å². The first-order valence-electron chi connectivity index (χ1n) is 23.1. The number of rotatable bonds is 8. The summed E-state index contributed by atoms with van der Waals surface area (Å²) >= 11 is 2.82. The largest absolute Gasteiger partial charge is 0.462 e. The average Bonchev–Trinajstić information content (AvgIpc) is 4.21. The Morgan fingerprint density at radius 3 is 1.62 bits per heavy atom. The van der Waals surface area contributed by atoms with Crippen LogP contribution in [-0.2, 0) is 41.4 Å². The van der Waals surface area contributed by atoms with Gasteiger partial charge in [0.05, 0.1) is 94.8 Å². The molecule has 12 rings (SSSR count). The van der Waals surface area contributed by atoms with Crippen molar-refractivity contribution < 1.29 is 23.8 Å². The molecule has 0 radical (unpaired) electrons. The zero-order chi connectivity index (χ0) is 49.2. The van der Waals surface area contributed by atoms with Crippen LogP contribution < -0.4 is 31.7 Å². The van der Waals surface area contributed by atoms with E-state index in [1.54, 1.807) is 31.7 Å². The maximum Gasteiger partial charge on any atom is 0.345 e. The molecule has 0 aliphatic carbocycles. The average molecular weight is 995 g/mol. The Balaban J connectivity index is 0.000000143. The molecule has 0 spiro atoms. The first kappa shape index (κ1) is 47.1. The first-order valence-corrected chi connectivity index (χ1v) is 24.7. The van der Waals surface area contributed by atoms with Gasteiger partial charge >= 0.3 is 5.97 Å². The van der Waals surface area contributed by atoms with Crippen LogP contribution in [0.25, 0.3) is 52.2 Å². The van der Waals surface area contributed by atoms with Gasteiger partial charge in [0, 0.05) is 59.2 Å². The van der Waals surface area contributed by atoms with Crippen LogP contribution in [0.5, 0.6) is 0 Å². The Bertz CT molecular complexity index is 3730. The molecular formula is C50H50N12O7S2. The van der Waals surface area contributed by atoms with Gasteiger partial charge in [0.2, 0.25) is 10.9 Å². The lowest BCUT2D eigenvalue weighted by Crippen LogP contribution is -2.36. The zero-order valence-electron chi connectivity index (χ0n) is 39.2. The topological polar surface area (TPSA) is 211 Å². The van der Waals surface area contributed by atoms with Gasteiger partial charge < -0.3 is 44.2 Å². The van der Waals surface area contributed by atoms with E-state index in [4.69, 9.17) is 29.9 Å². The quantitative estimate of drug-likeness (QED) is 0.180. The summed E-state index contributed by atoms with van der Waals surface area (Å²) < 4.78 is 25.6. The van der Waals surface area contributed by atoms with E-state index < -0.39 is 11.9 Å². The monoisotopic (exact) mass is 994 g/mol. The van der Waals surface area contributed by atoms with Gasteiger partial charge in [-0.3, -0.25) is 23.2 Å². The van der Waals surface area contributed by atoms with Crippen molar-refractivity contribution in [2.24, 2.45) is 19.8 Å². The van der Waals surface area contributed by atoms with E-state index in [-0.39, 0.29) is 35.1 Å². The van der Waals surface area contributed by atoms with E-state index in [1.165, 1.54) is 22.7 Å². The second kappa shape index (κ2) is 20.4. The second-order valence-corrected chi connectivity index (χ2v) is 18.8. The number of amides is 1. The number of carbonyl (C=O) groups excluding carboxylic acids is 2. The van der Waals surface area contributed by atoms with E-state index in [0.717, 1.165) is 69.6 Å². The number of carbonyl (C=O) groups is 2. The second-order valence-electron chi connectivity index (χ2n) is 16.8. The van der Waals surface area contributed by atoms with Crippen LogP contribution in [-0.4, -0.2) is 109 Å². The van der Waals surface area contributed by atoms with Crippen LogP contribution in [0.1, 0.15) is 39.0 Å². The Hall–Kier alpha value is -7.56. The first-order chi connectivity index (χ1) is 34.6. The number of esters is 1. The minimum absolute atomic E-state index is 0.0708.